The van der Waals surface area contributed by atoms with Crippen LogP contribution in [0, 0.1) is 11.3 Å². The number of hydrogen-bond acceptors (Lipinski definition) is 5. The maximum Gasteiger partial charge on any atom is 0.240 e. The van der Waals surface area contributed by atoms with Crippen LogP contribution in [0.5, 0.6) is 0 Å². The number of aromatic nitrogens is 1. The van der Waals surface area contributed by atoms with Crippen molar-refractivity contribution in [1.82, 2.24) is 4.98 Å². The van der Waals surface area contributed by atoms with Crippen LogP contribution < -0.4 is 5.32 Å². The third-order valence-corrected chi connectivity index (χ3v) is 3.24. The molecule has 2 aromatic heterocycles. The lowest BCUT2D eigenvalue weighted by Gasteiger charge is -1.97. The number of nitriles is 1. The molecule has 1 N–H and O–H groups in total. The van der Waals surface area contributed by atoms with E-state index in [1.165, 1.54) is 0 Å². The van der Waals surface area contributed by atoms with Gasteiger partial charge >= 0.3 is 0 Å². The Morgan fingerprint density at radius 3 is 3.06 bits per heavy atom. The highest BCUT2D eigenvalue weighted by Gasteiger charge is 2.25. The fraction of sp³-hybridized carbons (Fsp3) is 0.273. The van der Waals surface area contributed by atoms with Crippen LogP contribution in [0.15, 0.2) is 21.9 Å². The summed E-state index contributed by atoms with van der Waals surface area (Å²) in [6, 6.07) is 6.37. The molecule has 5 heteroatoms. The Labute approximate surface area is 96.5 Å². The summed E-state index contributed by atoms with van der Waals surface area (Å²) >= 11 is 1.55. The van der Waals surface area contributed by atoms with E-state index in [9.17, 15) is 0 Å². The highest BCUT2D eigenvalue weighted by molar-refractivity contribution is 7.13. The number of hydrogen-bond donors (Lipinski definition) is 1. The molecular formula is C11H9N3OS. The zero-order valence-corrected chi connectivity index (χ0v) is 9.25. The molecule has 16 heavy (non-hydrogen) atoms. The molecule has 1 saturated carbocycles. The summed E-state index contributed by atoms with van der Waals surface area (Å²) in [5, 5.41) is 14.1. The minimum absolute atomic E-state index is 0.343. The zero-order valence-electron chi connectivity index (χ0n) is 8.43. The van der Waals surface area contributed by atoms with Crippen molar-refractivity contribution in [2.45, 2.75) is 18.9 Å². The molecule has 1 fully saturated rings. The molecule has 0 aromatic carbocycles. The summed E-state index contributed by atoms with van der Waals surface area (Å²) < 4.78 is 5.57. The van der Waals surface area contributed by atoms with E-state index in [4.69, 9.17) is 9.68 Å². The molecule has 0 bridgehead atoms. The molecule has 0 spiro atoms. The summed E-state index contributed by atoms with van der Waals surface area (Å²) in [5.74, 6) is 1.03. The van der Waals surface area contributed by atoms with Crippen molar-refractivity contribution in [2.24, 2.45) is 0 Å². The van der Waals surface area contributed by atoms with E-state index < -0.39 is 0 Å². The molecule has 0 atom stereocenters. The van der Waals surface area contributed by atoms with Crippen LogP contribution in [0.1, 0.15) is 18.5 Å². The number of anilines is 1. The lowest BCUT2D eigenvalue weighted by molar-refractivity contribution is 0.586. The second kappa shape index (κ2) is 3.65. The van der Waals surface area contributed by atoms with Gasteiger partial charge in [0.25, 0.3) is 0 Å². The molecule has 0 aliphatic heterocycles. The van der Waals surface area contributed by atoms with Crippen molar-refractivity contribution in [3.63, 3.8) is 0 Å². The maximum absolute atomic E-state index is 8.95. The fourth-order valence-corrected chi connectivity index (χ4v) is 2.06. The minimum Gasteiger partial charge on any atom is -0.418 e. The van der Waals surface area contributed by atoms with E-state index >= 15 is 0 Å². The third-order valence-electron chi connectivity index (χ3n) is 2.38. The van der Waals surface area contributed by atoms with E-state index in [2.05, 4.69) is 10.3 Å². The molecular weight excluding hydrogens is 222 g/mol. The second-order valence-electron chi connectivity index (χ2n) is 3.70. The Balaban J connectivity index is 1.95. The first-order chi connectivity index (χ1) is 7.86. The predicted molar refractivity (Wildman–Crippen MR) is 61.2 cm³/mol. The molecule has 4 nitrogen and oxygen atoms in total. The first-order valence-electron chi connectivity index (χ1n) is 5.08. The van der Waals surface area contributed by atoms with Gasteiger partial charge in [0.1, 0.15) is 6.07 Å². The van der Waals surface area contributed by atoms with Gasteiger partial charge in [-0.25, -0.2) is 0 Å². The molecule has 2 aromatic rings. The van der Waals surface area contributed by atoms with Gasteiger partial charge < -0.3 is 9.73 Å². The summed E-state index contributed by atoms with van der Waals surface area (Å²) in [5.41, 5.74) is 0.343. The molecule has 1 aliphatic rings. The lowest BCUT2D eigenvalue weighted by atomic mass is 10.4. The molecule has 1 aliphatic carbocycles. The average Bonchev–Trinajstić information content (AvgIpc) is 2.83. The van der Waals surface area contributed by atoms with Crippen LogP contribution >= 0.6 is 11.3 Å². The number of nitrogens with zero attached hydrogens (tertiary/aromatic N) is 2. The van der Waals surface area contributed by atoms with E-state index in [-0.39, 0.29) is 0 Å². The third kappa shape index (κ3) is 1.68. The second-order valence-corrected chi connectivity index (χ2v) is 4.65. The molecule has 80 valence electrons. The summed E-state index contributed by atoms with van der Waals surface area (Å²) in [6.45, 7) is 0. The van der Waals surface area contributed by atoms with Gasteiger partial charge in [-0.05, 0) is 24.3 Å². The number of thiophene rings is 1. The highest BCUT2D eigenvalue weighted by Crippen LogP contribution is 2.31. The minimum atomic E-state index is 0.343. The largest absolute Gasteiger partial charge is 0.418 e. The fourth-order valence-electron chi connectivity index (χ4n) is 1.41. The van der Waals surface area contributed by atoms with Crippen molar-refractivity contribution in [1.29, 1.82) is 5.26 Å². The van der Waals surface area contributed by atoms with Gasteiger partial charge in [0.15, 0.2) is 0 Å². The van der Waals surface area contributed by atoms with E-state index in [0.717, 1.165) is 17.7 Å². The quantitative estimate of drug-likeness (QED) is 0.882. The molecule has 0 unspecified atom stereocenters. The van der Waals surface area contributed by atoms with Gasteiger partial charge in [0.05, 0.1) is 4.88 Å². The SMILES string of the molecule is N#Cc1nc(-c2cccs2)oc1NC1CC1. The zero-order chi connectivity index (χ0) is 11.0. The van der Waals surface area contributed by atoms with Crippen LogP contribution in [0.25, 0.3) is 10.8 Å². The van der Waals surface area contributed by atoms with Gasteiger partial charge in [-0.1, -0.05) is 6.07 Å². The standard InChI is InChI=1S/C11H9N3OS/c12-6-8-10(13-7-3-4-7)15-11(14-8)9-2-1-5-16-9/h1-2,5,7,13H,3-4H2. The maximum atomic E-state index is 8.95. The normalized spacial score (nSPS) is 14.7. The Bertz CT molecular complexity index is 534. The van der Waals surface area contributed by atoms with Gasteiger partial charge in [-0.15, -0.1) is 11.3 Å². The van der Waals surface area contributed by atoms with Crippen LogP contribution in [-0.2, 0) is 0 Å². The smallest absolute Gasteiger partial charge is 0.240 e. The summed E-state index contributed by atoms with van der Waals surface area (Å²) in [6.07, 6.45) is 2.28. The van der Waals surface area contributed by atoms with Crippen molar-refractivity contribution < 1.29 is 4.42 Å². The molecule has 0 saturated heterocycles. The van der Waals surface area contributed by atoms with Crippen molar-refractivity contribution in [3.05, 3.63) is 23.2 Å². The van der Waals surface area contributed by atoms with Gasteiger partial charge in [0, 0.05) is 6.04 Å². The van der Waals surface area contributed by atoms with Crippen molar-refractivity contribution in [3.8, 4) is 16.8 Å². The Hall–Kier alpha value is -1.80. The first-order valence-corrected chi connectivity index (χ1v) is 5.96. The number of oxazole rings is 1. The highest BCUT2D eigenvalue weighted by atomic mass is 32.1. The molecule has 0 amide bonds. The van der Waals surface area contributed by atoms with Crippen LogP contribution in [0.3, 0.4) is 0 Å². The van der Waals surface area contributed by atoms with E-state index in [0.29, 0.717) is 23.5 Å². The van der Waals surface area contributed by atoms with Crippen LogP contribution in [0.2, 0.25) is 0 Å². The average molecular weight is 231 g/mol. The summed E-state index contributed by atoms with van der Waals surface area (Å²) in [4.78, 5) is 5.12. The Morgan fingerprint density at radius 2 is 2.44 bits per heavy atom. The number of nitrogens with one attached hydrogen (secondary N) is 1. The molecule has 2 heterocycles. The number of rotatable bonds is 3. The van der Waals surface area contributed by atoms with Gasteiger partial charge in [-0.2, -0.15) is 10.2 Å². The topological polar surface area (TPSA) is 61.9 Å². The van der Waals surface area contributed by atoms with E-state index in [1.54, 1.807) is 11.3 Å². The van der Waals surface area contributed by atoms with Gasteiger partial charge in [-0.3, -0.25) is 0 Å². The van der Waals surface area contributed by atoms with E-state index in [1.807, 2.05) is 23.6 Å². The van der Waals surface area contributed by atoms with Crippen molar-refractivity contribution >= 4 is 17.2 Å². The van der Waals surface area contributed by atoms with Crippen LogP contribution in [-0.4, -0.2) is 11.0 Å². The predicted octanol–water partition coefficient (Wildman–Crippen LogP) is 2.85. The molecule has 0 radical (unpaired) electrons. The van der Waals surface area contributed by atoms with Crippen LogP contribution in [0.4, 0.5) is 5.88 Å². The lowest BCUT2D eigenvalue weighted by Crippen LogP contribution is -2.00. The summed E-state index contributed by atoms with van der Waals surface area (Å²) in [7, 11) is 0. The van der Waals surface area contributed by atoms with Gasteiger partial charge in [0.2, 0.25) is 17.5 Å². The molecule has 3 rings (SSSR count). The first kappa shape index (κ1) is 9.43. The van der Waals surface area contributed by atoms with Crippen molar-refractivity contribution in [2.75, 3.05) is 5.32 Å². The monoisotopic (exact) mass is 231 g/mol. The Kier molecular flexibility index (Phi) is 2.15. The Morgan fingerprint density at radius 1 is 1.56 bits per heavy atom.